The summed E-state index contributed by atoms with van der Waals surface area (Å²) in [5.41, 5.74) is 0. The molecule has 0 amide bonds. The average molecular weight is 317 g/mol. The van der Waals surface area contributed by atoms with Crippen molar-refractivity contribution in [2.45, 2.75) is 55.8 Å². The fourth-order valence-corrected chi connectivity index (χ4v) is 5.44. The molecule has 1 aromatic rings. The summed E-state index contributed by atoms with van der Waals surface area (Å²) in [6, 6.07) is 0.648. The number of sulfonamides is 1. The largest absolute Gasteiger partial charge is 0.314 e. The summed E-state index contributed by atoms with van der Waals surface area (Å²) in [5, 5.41) is 4.23. The second-order valence-electron chi connectivity index (χ2n) is 5.28. The molecule has 0 aromatic carbocycles. The Morgan fingerprint density at radius 3 is 2.55 bits per heavy atom. The van der Waals surface area contributed by atoms with E-state index in [4.69, 9.17) is 0 Å². The van der Waals surface area contributed by atoms with Gasteiger partial charge in [0.25, 0.3) is 10.0 Å². The minimum atomic E-state index is -3.38. The summed E-state index contributed by atoms with van der Waals surface area (Å²) >= 11 is 1.24. The number of hydrogen-bond donors (Lipinski definition) is 1. The SMILES string of the molecule is CCNC1CCC(N(C)S(=O)(=O)c2cnc(C)s2)CC1. The maximum absolute atomic E-state index is 12.5. The highest BCUT2D eigenvalue weighted by Gasteiger charge is 2.32. The van der Waals surface area contributed by atoms with Crippen LogP contribution in [-0.2, 0) is 10.0 Å². The Bertz CT molecular complexity index is 534. The smallest absolute Gasteiger partial charge is 0.254 e. The Morgan fingerprint density at radius 2 is 2.05 bits per heavy atom. The molecule has 1 N–H and O–H groups in total. The minimum Gasteiger partial charge on any atom is -0.314 e. The fourth-order valence-electron chi connectivity index (χ4n) is 2.73. The van der Waals surface area contributed by atoms with Gasteiger partial charge in [-0.05, 0) is 39.2 Å². The Morgan fingerprint density at radius 1 is 1.40 bits per heavy atom. The number of hydrogen-bond acceptors (Lipinski definition) is 5. The van der Waals surface area contributed by atoms with Crippen LogP contribution in [-0.4, -0.2) is 43.4 Å². The van der Waals surface area contributed by atoms with Crippen LogP contribution in [0.1, 0.15) is 37.6 Å². The van der Waals surface area contributed by atoms with Gasteiger partial charge in [-0.3, -0.25) is 0 Å². The molecule has 1 aromatic heterocycles. The molecule has 1 fully saturated rings. The third-order valence-corrected chi connectivity index (χ3v) is 7.20. The van der Waals surface area contributed by atoms with Crippen molar-refractivity contribution < 1.29 is 8.42 Å². The summed E-state index contributed by atoms with van der Waals surface area (Å²) in [4.78, 5) is 4.05. The lowest BCUT2D eigenvalue weighted by Crippen LogP contribution is -2.43. The number of aromatic nitrogens is 1. The van der Waals surface area contributed by atoms with Gasteiger partial charge in [0.1, 0.15) is 0 Å². The van der Waals surface area contributed by atoms with Crippen LogP contribution < -0.4 is 5.32 Å². The molecule has 1 saturated carbocycles. The molecule has 114 valence electrons. The minimum absolute atomic E-state index is 0.109. The Balaban J connectivity index is 2.03. The zero-order valence-corrected chi connectivity index (χ0v) is 13.9. The molecule has 1 aliphatic rings. The third-order valence-electron chi connectivity index (χ3n) is 3.94. The lowest BCUT2D eigenvalue weighted by molar-refractivity contribution is 0.251. The van der Waals surface area contributed by atoms with Crippen molar-refractivity contribution in [3.63, 3.8) is 0 Å². The molecule has 0 bridgehead atoms. The van der Waals surface area contributed by atoms with Gasteiger partial charge < -0.3 is 5.32 Å². The molecule has 0 atom stereocenters. The molecule has 1 heterocycles. The van der Waals surface area contributed by atoms with Gasteiger partial charge in [-0.2, -0.15) is 4.31 Å². The van der Waals surface area contributed by atoms with Crippen molar-refractivity contribution in [2.75, 3.05) is 13.6 Å². The molecule has 0 aliphatic heterocycles. The molecule has 7 heteroatoms. The van der Waals surface area contributed by atoms with E-state index in [9.17, 15) is 8.42 Å². The summed E-state index contributed by atoms with van der Waals surface area (Å²) in [7, 11) is -1.68. The molecule has 2 rings (SSSR count). The highest BCUT2D eigenvalue weighted by Crippen LogP contribution is 2.28. The van der Waals surface area contributed by atoms with Gasteiger partial charge in [0, 0.05) is 19.1 Å². The number of thiazole rings is 1. The van der Waals surface area contributed by atoms with E-state index in [1.54, 1.807) is 11.4 Å². The van der Waals surface area contributed by atoms with Crippen molar-refractivity contribution >= 4 is 21.4 Å². The third kappa shape index (κ3) is 3.39. The predicted molar refractivity (Wildman–Crippen MR) is 81.5 cm³/mol. The van der Waals surface area contributed by atoms with Crippen molar-refractivity contribution in [3.05, 3.63) is 11.2 Å². The van der Waals surface area contributed by atoms with Crippen LogP contribution in [0.15, 0.2) is 10.4 Å². The molecule has 0 spiro atoms. The Labute approximate surface area is 125 Å². The number of nitrogens with one attached hydrogen (secondary N) is 1. The summed E-state index contributed by atoms with van der Waals surface area (Å²) in [6.07, 6.45) is 5.40. The summed E-state index contributed by atoms with van der Waals surface area (Å²) in [6.45, 7) is 4.91. The van der Waals surface area contributed by atoms with Crippen molar-refractivity contribution in [1.82, 2.24) is 14.6 Å². The van der Waals surface area contributed by atoms with Gasteiger partial charge >= 0.3 is 0 Å². The molecular weight excluding hydrogens is 294 g/mol. The van der Waals surface area contributed by atoms with E-state index in [1.165, 1.54) is 17.5 Å². The van der Waals surface area contributed by atoms with Crippen LogP contribution in [0.4, 0.5) is 0 Å². The van der Waals surface area contributed by atoms with Gasteiger partial charge in [0.15, 0.2) is 4.21 Å². The van der Waals surface area contributed by atoms with E-state index in [0.717, 1.165) is 37.2 Å². The summed E-state index contributed by atoms with van der Waals surface area (Å²) in [5.74, 6) is 0. The van der Waals surface area contributed by atoms with Crippen molar-refractivity contribution in [1.29, 1.82) is 0 Å². The van der Waals surface area contributed by atoms with Gasteiger partial charge in [0.05, 0.1) is 11.2 Å². The van der Waals surface area contributed by atoms with Crippen LogP contribution >= 0.6 is 11.3 Å². The second kappa shape index (κ2) is 6.51. The fraction of sp³-hybridized carbons (Fsp3) is 0.769. The lowest BCUT2D eigenvalue weighted by atomic mass is 9.91. The monoisotopic (exact) mass is 317 g/mol. The first kappa shape index (κ1) is 15.9. The molecular formula is C13H23N3O2S2. The van der Waals surface area contributed by atoms with E-state index >= 15 is 0 Å². The van der Waals surface area contributed by atoms with Crippen LogP contribution in [0.3, 0.4) is 0 Å². The van der Waals surface area contributed by atoms with E-state index < -0.39 is 10.0 Å². The number of aryl methyl sites for hydroxylation is 1. The van der Waals surface area contributed by atoms with Gasteiger partial charge in [-0.15, -0.1) is 11.3 Å². The number of rotatable bonds is 5. The first-order valence-corrected chi connectivity index (χ1v) is 9.34. The Kier molecular flexibility index (Phi) is 5.17. The first-order valence-electron chi connectivity index (χ1n) is 7.09. The van der Waals surface area contributed by atoms with E-state index in [-0.39, 0.29) is 6.04 Å². The van der Waals surface area contributed by atoms with Crippen molar-refractivity contribution in [3.8, 4) is 0 Å². The molecule has 0 unspecified atom stereocenters. The second-order valence-corrected chi connectivity index (χ2v) is 8.74. The highest BCUT2D eigenvalue weighted by atomic mass is 32.2. The molecule has 5 nitrogen and oxygen atoms in total. The van der Waals surface area contributed by atoms with Crippen LogP contribution in [0, 0.1) is 6.92 Å². The first-order chi connectivity index (χ1) is 9.45. The highest BCUT2D eigenvalue weighted by molar-refractivity contribution is 7.91. The maximum atomic E-state index is 12.5. The van der Waals surface area contributed by atoms with Crippen molar-refractivity contribution in [2.24, 2.45) is 0 Å². The van der Waals surface area contributed by atoms with E-state index in [0.29, 0.717) is 10.3 Å². The lowest BCUT2D eigenvalue weighted by Gasteiger charge is -2.33. The maximum Gasteiger partial charge on any atom is 0.254 e. The van der Waals surface area contributed by atoms with Crippen LogP contribution in [0.2, 0.25) is 0 Å². The predicted octanol–water partition coefficient (Wildman–Crippen LogP) is 1.99. The Hall–Kier alpha value is -0.500. The topological polar surface area (TPSA) is 62.3 Å². The zero-order valence-electron chi connectivity index (χ0n) is 12.3. The standard InChI is InChI=1S/C13H23N3O2S2/c1-4-14-11-5-7-12(8-6-11)16(3)20(17,18)13-9-15-10(2)19-13/h9,11-12,14H,4-8H2,1-3H3. The molecule has 20 heavy (non-hydrogen) atoms. The number of nitrogens with zero attached hydrogens (tertiary/aromatic N) is 2. The van der Waals surface area contributed by atoms with Gasteiger partial charge in [-0.25, -0.2) is 13.4 Å². The van der Waals surface area contributed by atoms with Gasteiger partial charge in [0.2, 0.25) is 0 Å². The van der Waals surface area contributed by atoms with Gasteiger partial charge in [-0.1, -0.05) is 6.92 Å². The molecule has 1 aliphatic carbocycles. The normalized spacial score (nSPS) is 24.2. The molecule has 0 saturated heterocycles. The quantitative estimate of drug-likeness (QED) is 0.902. The zero-order chi connectivity index (χ0) is 14.8. The van der Waals surface area contributed by atoms with E-state index in [2.05, 4.69) is 17.2 Å². The van der Waals surface area contributed by atoms with Crippen LogP contribution in [0.25, 0.3) is 0 Å². The average Bonchev–Trinajstić information content (AvgIpc) is 2.86. The van der Waals surface area contributed by atoms with E-state index in [1.807, 2.05) is 6.92 Å². The van der Waals surface area contributed by atoms with Crippen LogP contribution in [0.5, 0.6) is 0 Å². The molecule has 0 radical (unpaired) electrons. The summed E-state index contributed by atoms with van der Waals surface area (Å²) < 4.78 is 27.0.